The number of nitrogens with one attached hydrogen (secondary N) is 2. The van der Waals surface area contributed by atoms with Gasteiger partial charge in [-0.25, -0.2) is 0 Å². The number of hydrogen-bond donors (Lipinski definition) is 2. The van der Waals surface area contributed by atoms with Gasteiger partial charge in [-0.15, -0.1) is 0 Å². The van der Waals surface area contributed by atoms with Crippen molar-refractivity contribution in [3.05, 3.63) is 0 Å². The molecule has 1 aliphatic carbocycles. The van der Waals surface area contributed by atoms with Crippen LogP contribution in [0.3, 0.4) is 0 Å². The number of unbranched alkanes of at least 4 members (excludes halogenated alkanes) is 1. The van der Waals surface area contributed by atoms with Gasteiger partial charge in [0.15, 0.2) is 5.11 Å². The van der Waals surface area contributed by atoms with E-state index in [0.717, 1.165) is 23.5 Å². The first kappa shape index (κ1) is 13.8. The molecule has 1 saturated carbocycles. The predicted molar refractivity (Wildman–Crippen MR) is 74.6 cm³/mol. The minimum absolute atomic E-state index is 0.574. The zero-order valence-electron chi connectivity index (χ0n) is 10.9. The SMILES string of the molecule is CCCCNC(=S)N[C@H]1CCC[C@@H](C)[C@@H]1C. The second-order valence-corrected chi connectivity index (χ2v) is 5.54. The highest BCUT2D eigenvalue weighted by Crippen LogP contribution is 2.29. The van der Waals surface area contributed by atoms with Gasteiger partial charge in [-0.1, -0.05) is 40.0 Å². The van der Waals surface area contributed by atoms with Crippen LogP contribution in [0.5, 0.6) is 0 Å². The van der Waals surface area contributed by atoms with Crippen LogP contribution in [0.1, 0.15) is 52.9 Å². The Morgan fingerprint density at radius 3 is 2.75 bits per heavy atom. The van der Waals surface area contributed by atoms with Crippen molar-refractivity contribution in [2.75, 3.05) is 6.54 Å². The first-order valence-corrected chi connectivity index (χ1v) is 7.10. The Hall–Kier alpha value is -0.310. The van der Waals surface area contributed by atoms with E-state index in [1.54, 1.807) is 0 Å². The van der Waals surface area contributed by atoms with Gasteiger partial charge in [-0.05, 0) is 36.9 Å². The molecule has 0 unspecified atom stereocenters. The van der Waals surface area contributed by atoms with Crippen molar-refractivity contribution in [1.29, 1.82) is 0 Å². The van der Waals surface area contributed by atoms with E-state index >= 15 is 0 Å². The van der Waals surface area contributed by atoms with Crippen molar-refractivity contribution in [2.45, 2.75) is 58.9 Å². The molecule has 3 atom stereocenters. The third-order valence-corrected chi connectivity index (χ3v) is 4.10. The number of hydrogen-bond acceptors (Lipinski definition) is 1. The van der Waals surface area contributed by atoms with E-state index < -0.39 is 0 Å². The molecule has 2 nitrogen and oxygen atoms in total. The molecule has 0 spiro atoms. The maximum Gasteiger partial charge on any atom is 0.166 e. The summed E-state index contributed by atoms with van der Waals surface area (Å²) in [7, 11) is 0. The van der Waals surface area contributed by atoms with Crippen molar-refractivity contribution < 1.29 is 0 Å². The Kier molecular flexibility index (Phi) is 6.10. The molecule has 94 valence electrons. The Bertz CT molecular complexity index is 218. The lowest BCUT2D eigenvalue weighted by atomic mass is 9.78. The van der Waals surface area contributed by atoms with E-state index in [-0.39, 0.29) is 0 Å². The first-order chi connectivity index (χ1) is 7.65. The summed E-state index contributed by atoms with van der Waals surface area (Å²) in [5.74, 6) is 1.56. The van der Waals surface area contributed by atoms with Gasteiger partial charge in [0.25, 0.3) is 0 Å². The summed E-state index contributed by atoms with van der Waals surface area (Å²) >= 11 is 5.32. The number of rotatable bonds is 4. The van der Waals surface area contributed by atoms with Crippen LogP contribution >= 0.6 is 12.2 Å². The molecule has 0 radical (unpaired) electrons. The lowest BCUT2D eigenvalue weighted by Crippen LogP contribution is -2.47. The molecule has 3 heteroatoms. The summed E-state index contributed by atoms with van der Waals surface area (Å²) in [4.78, 5) is 0. The minimum atomic E-state index is 0.574. The van der Waals surface area contributed by atoms with Gasteiger partial charge < -0.3 is 10.6 Å². The first-order valence-electron chi connectivity index (χ1n) is 6.69. The highest BCUT2D eigenvalue weighted by molar-refractivity contribution is 7.80. The lowest BCUT2D eigenvalue weighted by Gasteiger charge is -2.35. The van der Waals surface area contributed by atoms with Crippen LogP contribution in [-0.4, -0.2) is 17.7 Å². The molecule has 0 heterocycles. The van der Waals surface area contributed by atoms with Gasteiger partial charge in [0.05, 0.1) is 0 Å². The minimum Gasteiger partial charge on any atom is -0.363 e. The molecular weight excluding hydrogens is 216 g/mol. The molecule has 0 bridgehead atoms. The molecule has 1 aliphatic rings. The smallest absolute Gasteiger partial charge is 0.166 e. The summed E-state index contributed by atoms with van der Waals surface area (Å²) in [6.07, 6.45) is 6.38. The molecule has 0 amide bonds. The standard InChI is InChI=1S/C13H26N2S/c1-4-5-9-14-13(16)15-12-8-6-7-10(2)11(12)3/h10-12H,4-9H2,1-3H3,(H2,14,15,16)/t10-,11+,12+/m1/s1. The van der Waals surface area contributed by atoms with Crippen molar-refractivity contribution in [3.8, 4) is 0 Å². The van der Waals surface area contributed by atoms with Gasteiger partial charge in [-0.2, -0.15) is 0 Å². The van der Waals surface area contributed by atoms with Crippen LogP contribution in [-0.2, 0) is 0 Å². The molecular formula is C13H26N2S. The van der Waals surface area contributed by atoms with E-state index in [1.807, 2.05) is 0 Å². The molecule has 0 aromatic carbocycles. The molecule has 0 aromatic heterocycles. The molecule has 2 N–H and O–H groups in total. The predicted octanol–water partition coefficient (Wildman–Crippen LogP) is 3.08. The summed E-state index contributed by atoms with van der Waals surface area (Å²) in [5.41, 5.74) is 0. The van der Waals surface area contributed by atoms with E-state index in [9.17, 15) is 0 Å². The molecule has 1 rings (SSSR count). The van der Waals surface area contributed by atoms with Gasteiger partial charge >= 0.3 is 0 Å². The second kappa shape index (κ2) is 7.10. The summed E-state index contributed by atoms with van der Waals surface area (Å²) in [6.45, 7) is 7.89. The fourth-order valence-corrected chi connectivity index (χ4v) is 2.64. The van der Waals surface area contributed by atoms with E-state index in [2.05, 4.69) is 31.4 Å². The summed E-state index contributed by atoms with van der Waals surface area (Å²) in [6, 6.07) is 0.574. The van der Waals surface area contributed by atoms with Crippen LogP contribution in [0.25, 0.3) is 0 Å². The molecule has 0 aromatic rings. The topological polar surface area (TPSA) is 24.1 Å². The van der Waals surface area contributed by atoms with Crippen molar-refractivity contribution in [3.63, 3.8) is 0 Å². The van der Waals surface area contributed by atoms with Crippen LogP contribution in [0.4, 0.5) is 0 Å². The monoisotopic (exact) mass is 242 g/mol. The normalized spacial score (nSPS) is 29.8. The van der Waals surface area contributed by atoms with E-state index in [0.29, 0.717) is 6.04 Å². The van der Waals surface area contributed by atoms with Crippen molar-refractivity contribution in [1.82, 2.24) is 10.6 Å². The Morgan fingerprint density at radius 1 is 1.31 bits per heavy atom. The van der Waals surface area contributed by atoms with Crippen LogP contribution in [0.15, 0.2) is 0 Å². The van der Waals surface area contributed by atoms with Crippen LogP contribution in [0.2, 0.25) is 0 Å². The third kappa shape index (κ3) is 4.28. The second-order valence-electron chi connectivity index (χ2n) is 5.13. The largest absolute Gasteiger partial charge is 0.363 e. The molecule has 0 aliphatic heterocycles. The quantitative estimate of drug-likeness (QED) is 0.585. The summed E-state index contributed by atoms with van der Waals surface area (Å²) < 4.78 is 0. The molecule has 0 saturated heterocycles. The molecule has 16 heavy (non-hydrogen) atoms. The highest BCUT2D eigenvalue weighted by atomic mass is 32.1. The maximum atomic E-state index is 5.32. The van der Waals surface area contributed by atoms with Crippen molar-refractivity contribution in [2.24, 2.45) is 11.8 Å². The summed E-state index contributed by atoms with van der Waals surface area (Å²) in [5, 5.41) is 7.61. The highest BCUT2D eigenvalue weighted by Gasteiger charge is 2.27. The fraction of sp³-hybridized carbons (Fsp3) is 0.923. The maximum absolute atomic E-state index is 5.32. The van der Waals surface area contributed by atoms with E-state index in [1.165, 1.54) is 32.1 Å². The Morgan fingerprint density at radius 2 is 2.06 bits per heavy atom. The van der Waals surface area contributed by atoms with Gasteiger partial charge in [-0.3, -0.25) is 0 Å². The zero-order valence-corrected chi connectivity index (χ0v) is 11.7. The third-order valence-electron chi connectivity index (χ3n) is 3.84. The average molecular weight is 242 g/mol. The van der Waals surface area contributed by atoms with Crippen LogP contribution < -0.4 is 10.6 Å². The van der Waals surface area contributed by atoms with Gasteiger partial charge in [0, 0.05) is 12.6 Å². The number of thiocarbonyl (C=S) groups is 1. The zero-order chi connectivity index (χ0) is 12.0. The van der Waals surface area contributed by atoms with Gasteiger partial charge in [0.2, 0.25) is 0 Å². The van der Waals surface area contributed by atoms with Crippen LogP contribution in [0, 0.1) is 11.8 Å². The Balaban J connectivity index is 2.26. The van der Waals surface area contributed by atoms with E-state index in [4.69, 9.17) is 12.2 Å². The Labute approximate surface area is 106 Å². The van der Waals surface area contributed by atoms with Gasteiger partial charge in [0.1, 0.15) is 0 Å². The van der Waals surface area contributed by atoms with Crippen molar-refractivity contribution >= 4 is 17.3 Å². The lowest BCUT2D eigenvalue weighted by molar-refractivity contribution is 0.224. The molecule has 1 fully saturated rings. The average Bonchev–Trinajstić information content (AvgIpc) is 2.25. The fourth-order valence-electron chi connectivity index (χ4n) is 2.38.